The molecule has 42 heavy (non-hydrogen) atoms. The molecule has 0 bridgehead atoms. The number of ether oxygens (including phenoxy) is 3. The highest BCUT2D eigenvalue weighted by Gasteiger charge is 2.55. The van der Waals surface area contributed by atoms with Gasteiger partial charge in [0.1, 0.15) is 25.9 Å². The van der Waals surface area contributed by atoms with Gasteiger partial charge in [-0.05, 0) is 45.4 Å². The van der Waals surface area contributed by atoms with E-state index in [0.717, 1.165) is 22.5 Å². The second-order valence-electron chi connectivity index (χ2n) is 12.6. The molecule has 5 rings (SSSR count). The molecule has 11 heteroatoms. The highest BCUT2D eigenvalue weighted by molar-refractivity contribution is 6.78. The number of aromatic nitrogens is 2. The first-order valence-corrected chi connectivity index (χ1v) is 17.6. The van der Waals surface area contributed by atoms with Crippen LogP contribution in [0.25, 0.3) is 22.3 Å². The van der Waals surface area contributed by atoms with Crippen molar-refractivity contribution in [3.05, 3.63) is 63.4 Å². The largest absolute Gasteiger partial charge is 0.458 e. The zero-order valence-corrected chi connectivity index (χ0v) is 26.1. The Labute approximate surface area is 245 Å². The molecule has 1 N–H and O–H groups in total. The molecule has 2 aromatic heterocycles. The van der Waals surface area contributed by atoms with Gasteiger partial charge in [0, 0.05) is 16.5 Å². The first kappa shape index (κ1) is 29.5. The molecule has 0 saturated carbocycles. The molecule has 0 aliphatic carbocycles. The van der Waals surface area contributed by atoms with Gasteiger partial charge in [0.05, 0.1) is 29.0 Å². The van der Waals surface area contributed by atoms with E-state index in [1.807, 2.05) is 37.3 Å². The fraction of sp³-hybridized carbons (Fsp3) is 0.452. The van der Waals surface area contributed by atoms with Crippen molar-refractivity contribution in [2.45, 2.75) is 83.7 Å². The average Bonchev–Trinajstić information content (AvgIpc) is 3.28. The number of pyridine rings is 2. The van der Waals surface area contributed by atoms with Gasteiger partial charge in [-0.1, -0.05) is 51.2 Å². The summed E-state index contributed by atoms with van der Waals surface area (Å²) in [4.78, 5) is 58.3. The summed E-state index contributed by atoms with van der Waals surface area (Å²) in [7, 11) is -2.31. The van der Waals surface area contributed by atoms with Crippen LogP contribution in [0.5, 0.6) is 0 Å². The normalized spacial score (nSPS) is 19.4. The summed E-state index contributed by atoms with van der Waals surface area (Å²) >= 11 is 0. The zero-order valence-electron chi connectivity index (χ0n) is 25.1. The molecule has 2 aliphatic heterocycles. The highest BCUT2D eigenvalue weighted by atomic mass is 28.3. The van der Waals surface area contributed by atoms with Crippen LogP contribution >= 0.6 is 0 Å². The van der Waals surface area contributed by atoms with Crippen LogP contribution in [0.1, 0.15) is 63.5 Å². The van der Waals surface area contributed by atoms with E-state index in [9.17, 15) is 19.2 Å². The van der Waals surface area contributed by atoms with Gasteiger partial charge in [-0.15, -0.1) is 0 Å². The summed E-state index contributed by atoms with van der Waals surface area (Å²) in [6, 6.07) is 12.3. The number of esters is 2. The van der Waals surface area contributed by atoms with Crippen LogP contribution in [0.15, 0.2) is 41.2 Å². The number of carbonyl (C=O) groups excluding carboxylic acids is 3. The van der Waals surface area contributed by atoms with Crippen LogP contribution in [0.3, 0.4) is 0 Å². The Morgan fingerprint density at radius 2 is 1.88 bits per heavy atom. The standard InChI is InChI=1S/C31H37N3O7Si/c1-8-31(40-23(35)16-32-29(38)41-30(3,4)5)20-15-22-25-19(14-18-12-10-11-13-21(18)33-25)17-34(22)26(36)24(20)27(39-28(31)37)42(6,7)9-2/h10-15,27H,8-9,16-17H2,1-7H3,(H,32,38). The van der Waals surface area contributed by atoms with Crippen molar-refractivity contribution in [1.29, 1.82) is 0 Å². The van der Waals surface area contributed by atoms with E-state index in [0.29, 0.717) is 29.1 Å². The van der Waals surface area contributed by atoms with Gasteiger partial charge in [0.25, 0.3) is 5.56 Å². The quantitative estimate of drug-likeness (QED) is 0.189. The second kappa shape index (κ2) is 10.4. The van der Waals surface area contributed by atoms with E-state index in [2.05, 4.69) is 18.4 Å². The number of hydrogen-bond acceptors (Lipinski definition) is 8. The molecule has 2 unspecified atom stereocenters. The van der Waals surface area contributed by atoms with Crippen molar-refractivity contribution in [1.82, 2.24) is 14.9 Å². The predicted octanol–water partition coefficient (Wildman–Crippen LogP) is 4.96. The molecule has 2 aliphatic rings. The number of carbonyl (C=O) groups is 3. The minimum atomic E-state index is -2.31. The second-order valence-corrected chi connectivity index (χ2v) is 17.8. The van der Waals surface area contributed by atoms with Gasteiger partial charge >= 0.3 is 18.0 Å². The highest BCUT2D eigenvalue weighted by Crippen LogP contribution is 2.47. The number of para-hydroxylation sites is 1. The van der Waals surface area contributed by atoms with Crippen LogP contribution in [0, 0.1) is 0 Å². The number of alkyl carbamates (subject to hydrolysis) is 1. The average molecular weight is 592 g/mol. The van der Waals surface area contributed by atoms with E-state index >= 15 is 0 Å². The summed E-state index contributed by atoms with van der Waals surface area (Å²) < 4.78 is 18.8. The first-order valence-electron chi connectivity index (χ1n) is 14.3. The van der Waals surface area contributed by atoms with Crippen molar-refractivity contribution >= 4 is 37.0 Å². The first-order chi connectivity index (χ1) is 19.7. The van der Waals surface area contributed by atoms with Gasteiger partial charge < -0.3 is 24.1 Å². The summed E-state index contributed by atoms with van der Waals surface area (Å²) in [5, 5.41) is 3.34. The van der Waals surface area contributed by atoms with Gasteiger partial charge in [-0.25, -0.2) is 14.6 Å². The Bertz CT molecular complexity index is 1670. The summed E-state index contributed by atoms with van der Waals surface area (Å²) in [5.74, 6) is -1.59. The van der Waals surface area contributed by atoms with E-state index in [-0.39, 0.29) is 12.0 Å². The molecule has 3 aromatic rings. The summed E-state index contributed by atoms with van der Waals surface area (Å²) in [6.45, 7) is 12.8. The number of hydrogen-bond donors (Lipinski definition) is 1. The molecule has 1 amide bonds. The number of nitrogens with zero attached hydrogens (tertiary/aromatic N) is 2. The monoisotopic (exact) mass is 591 g/mol. The maximum absolute atomic E-state index is 14.3. The van der Waals surface area contributed by atoms with E-state index in [1.54, 1.807) is 38.3 Å². The molecule has 4 heterocycles. The lowest BCUT2D eigenvalue weighted by Gasteiger charge is -2.43. The van der Waals surface area contributed by atoms with Crippen LogP contribution in [0.2, 0.25) is 19.1 Å². The van der Waals surface area contributed by atoms with Crippen LogP contribution in [-0.4, -0.2) is 47.8 Å². The number of benzene rings is 1. The Balaban J connectivity index is 1.63. The molecule has 222 valence electrons. The summed E-state index contributed by atoms with van der Waals surface area (Å²) in [5.41, 5.74) is -0.0598. The van der Waals surface area contributed by atoms with Crippen LogP contribution in [0.4, 0.5) is 4.79 Å². The summed E-state index contributed by atoms with van der Waals surface area (Å²) in [6.07, 6.45) is -0.767. The van der Waals surface area contributed by atoms with Crippen LogP contribution < -0.4 is 10.9 Å². The van der Waals surface area contributed by atoms with E-state index < -0.39 is 49.6 Å². The molecule has 1 aromatic carbocycles. The molecule has 0 spiro atoms. The van der Waals surface area contributed by atoms with Crippen molar-refractivity contribution in [2.24, 2.45) is 0 Å². The van der Waals surface area contributed by atoms with E-state index in [1.165, 1.54) is 0 Å². The van der Waals surface area contributed by atoms with Gasteiger partial charge in [0.15, 0.2) is 0 Å². The fourth-order valence-electron chi connectivity index (χ4n) is 5.57. The molecule has 0 saturated heterocycles. The van der Waals surface area contributed by atoms with Crippen molar-refractivity contribution in [3.63, 3.8) is 0 Å². The molecule has 0 radical (unpaired) electrons. The van der Waals surface area contributed by atoms with Crippen molar-refractivity contribution < 1.29 is 28.6 Å². The molecule has 0 fully saturated rings. The third-order valence-corrected chi connectivity index (χ3v) is 11.8. The van der Waals surface area contributed by atoms with Gasteiger partial charge in [-0.3, -0.25) is 9.59 Å². The van der Waals surface area contributed by atoms with Crippen molar-refractivity contribution in [3.8, 4) is 11.4 Å². The Morgan fingerprint density at radius 1 is 1.17 bits per heavy atom. The SMILES string of the molecule is CCC1(OC(=O)CNC(=O)OC(C)(C)C)C(=O)OC([Si](C)(C)CC)c2c1cc1n(c2=O)Cc2cc3ccccc3nc2-1. The molecular formula is C31H37N3O7Si. The van der Waals surface area contributed by atoms with Gasteiger partial charge in [0.2, 0.25) is 5.60 Å². The third-order valence-electron chi connectivity index (χ3n) is 8.15. The topological polar surface area (TPSA) is 126 Å². The molecule has 10 nitrogen and oxygen atoms in total. The Morgan fingerprint density at radius 3 is 2.55 bits per heavy atom. The zero-order chi connectivity index (χ0) is 30.6. The predicted molar refractivity (Wildman–Crippen MR) is 160 cm³/mol. The number of rotatable bonds is 6. The fourth-order valence-corrected chi connectivity index (χ4v) is 7.43. The minimum absolute atomic E-state index is 0.0265. The Kier molecular flexibility index (Phi) is 7.29. The maximum atomic E-state index is 14.3. The number of cyclic esters (lactones) is 1. The van der Waals surface area contributed by atoms with E-state index in [4.69, 9.17) is 19.2 Å². The lowest BCUT2D eigenvalue weighted by Crippen LogP contribution is -2.54. The minimum Gasteiger partial charge on any atom is -0.458 e. The number of nitrogens with one attached hydrogen (secondary N) is 1. The number of amides is 1. The smallest absolute Gasteiger partial charge is 0.408 e. The third kappa shape index (κ3) is 4.99. The van der Waals surface area contributed by atoms with Crippen LogP contribution in [-0.2, 0) is 35.9 Å². The molecule has 2 atom stereocenters. The van der Waals surface area contributed by atoms with Crippen molar-refractivity contribution in [2.75, 3.05) is 6.54 Å². The lowest BCUT2D eigenvalue weighted by molar-refractivity contribution is -0.190. The Hall–Kier alpha value is -3.99. The van der Waals surface area contributed by atoms with Gasteiger partial charge in [-0.2, -0.15) is 0 Å². The lowest BCUT2D eigenvalue weighted by atomic mass is 9.85. The molecular weight excluding hydrogens is 554 g/mol. The maximum Gasteiger partial charge on any atom is 0.408 e. The number of fused-ring (bicyclic) bond motifs is 5.